The summed E-state index contributed by atoms with van der Waals surface area (Å²) >= 11 is -2.23. The third-order valence-electron chi connectivity index (χ3n) is 3.94. The monoisotopic (exact) mass is 322 g/mol. The predicted octanol–water partition coefficient (Wildman–Crippen LogP) is 1.75. The molecule has 5 nitrogen and oxygen atoms in total. The standard InChI is InChI=1S/C16H21NO4S/c1-11-9-13(10-12(2)15(11)5-8-22(20)21)16(19)17-6-3-14(18)4-7-17/h5,8-10,14,18H,3-4,6-7H2,1-2H3,(H,20,21)/p-1/b8-5+. The van der Waals surface area contributed by atoms with Crippen LogP contribution in [0.4, 0.5) is 0 Å². The number of aliphatic hydroxyl groups excluding tert-OH is 1. The molecular formula is C16H20NO4S-. The fourth-order valence-electron chi connectivity index (χ4n) is 2.74. The molecule has 1 amide bonds. The largest absolute Gasteiger partial charge is 0.769 e. The van der Waals surface area contributed by atoms with Crippen molar-refractivity contribution in [2.24, 2.45) is 0 Å². The second-order valence-corrected chi connectivity index (χ2v) is 6.40. The first-order valence-corrected chi connectivity index (χ1v) is 8.37. The van der Waals surface area contributed by atoms with Gasteiger partial charge in [0, 0.05) is 18.7 Å². The Morgan fingerprint density at radius 3 is 2.36 bits per heavy atom. The Hall–Kier alpha value is -1.50. The van der Waals surface area contributed by atoms with Crippen molar-refractivity contribution in [2.45, 2.75) is 32.8 Å². The summed E-state index contributed by atoms with van der Waals surface area (Å²) in [5.74, 6) is -0.0407. The van der Waals surface area contributed by atoms with Crippen LogP contribution < -0.4 is 0 Å². The van der Waals surface area contributed by atoms with Gasteiger partial charge in [0.1, 0.15) is 0 Å². The number of amides is 1. The minimum Gasteiger partial charge on any atom is -0.769 e. The van der Waals surface area contributed by atoms with Crippen molar-refractivity contribution in [1.82, 2.24) is 4.90 Å². The minimum atomic E-state index is -2.23. The fourth-order valence-corrected chi connectivity index (χ4v) is 2.98. The summed E-state index contributed by atoms with van der Waals surface area (Å²) in [4.78, 5) is 14.3. The summed E-state index contributed by atoms with van der Waals surface area (Å²) in [6, 6.07) is 3.57. The maximum atomic E-state index is 12.5. The van der Waals surface area contributed by atoms with Crippen molar-refractivity contribution in [3.8, 4) is 0 Å². The highest BCUT2D eigenvalue weighted by Gasteiger charge is 2.22. The number of carbonyl (C=O) groups is 1. The molecule has 0 bridgehead atoms. The lowest BCUT2D eigenvalue weighted by Crippen LogP contribution is -2.40. The lowest BCUT2D eigenvalue weighted by molar-refractivity contribution is 0.0546. The molecule has 1 aromatic rings. The summed E-state index contributed by atoms with van der Waals surface area (Å²) in [6.45, 7) is 4.85. The van der Waals surface area contributed by atoms with E-state index in [1.54, 1.807) is 23.1 Å². The third-order valence-corrected chi connectivity index (χ3v) is 4.30. The van der Waals surface area contributed by atoms with Crippen molar-refractivity contribution in [1.29, 1.82) is 0 Å². The molecule has 1 heterocycles. The van der Waals surface area contributed by atoms with E-state index in [2.05, 4.69) is 0 Å². The number of rotatable bonds is 3. The Balaban J connectivity index is 2.22. The van der Waals surface area contributed by atoms with Crippen LogP contribution in [0.5, 0.6) is 0 Å². The number of hydrogen-bond acceptors (Lipinski definition) is 4. The van der Waals surface area contributed by atoms with E-state index in [4.69, 9.17) is 0 Å². The molecule has 1 aliphatic rings. The second kappa shape index (κ2) is 7.17. The number of aliphatic hydroxyl groups is 1. The maximum Gasteiger partial charge on any atom is 0.253 e. The van der Waals surface area contributed by atoms with Gasteiger partial charge in [-0.25, -0.2) is 0 Å². The molecule has 1 unspecified atom stereocenters. The van der Waals surface area contributed by atoms with E-state index in [-0.39, 0.29) is 12.0 Å². The van der Waals surface area contributed by atoms with Gasteiger partial charge in [0.25, 0.3) is 5.91 Å². The average molecular weight is 322 g/mol. The number of benzene rings is 1. The van der Waals surface area contributed by atoms with Crippen LogP contribution in [-0.2, 0) is 11.1 Å². The van der Waals surface area contributed by atoms with Gasteiger partial charge in [-0.15, -0.1) is 0 Å². The third kappa shape index (κ3) is 4.03. The number of piperidine rings is 1. The number of carbonyl (C=O) groups excluding carboxylic acids is 1. The number of aryl methyl sites for hydroxylation is 2. The number of hydrogen-bond donors (Lipinski definition) is 1. The van der Waals surface area contributed by atoms with Crippen LogP contribution in [0, 0.1) is 13.8 Å². The molecule has 0 aliphatic carbocycles. The van der Waals surface area contributed by atoms with E-state index >= 15 is 0 Å². The van der Waals surface area contributed by atoms with Crippen molar-refractivity contribution < 1.29 is 18.7 Å². The molecule has 1 aromatic carbocycles. The van der Waals surface area contributed by atoms with Gasteiger partial charge in [-0.05, 0) is 78.1 Å². The first-order valence-electron chi connectivity index (χ1n) is 7.23. The molecule has 1 fully saturated rings. The summed E-state index contributed by atoms with van der Waals surface area (Å²) in [5, 5.41) is 10.6. The molecule has 1 saturated heterocycles. The molecule has 1 N–H and O–H groups in total. The lowest BCUT2D eigenvalue weighted by atomic mass is 9.98. The molecule has 22 heavy (non-hydrogen) atoms. The Bertz CT molecular complexity index is 596. The summed E-state index contributed by atoms with van der Waals surface area (Å²) < 4.78 is 21.3. The van der Waals surface area contributed by atoms with Gasteiger partial charge >= 0.3 is 0 Å². The van der Waals surface area contributed by atoms with Crippen LogP contribution in [0.25, 0.3) is 6.08 Å². The minimum absolute atomic E-state index is 0.0407. The number of likely N-dealkylation sites (tertiary alicyclic amines) is 1. The van der Waals surface area contributed by atoms with Gasteiger partial charge in [0.05, 0.1) is 6.10 Å². The first kappa shape index (κ1) is 16.9. The van der Waals surface area contributed by atoms with Gasteiger partial charge in [-0.3, -0.25) is 9.00 Å². The Morgan fingerprint density at radius 2 is 1.86 bits per heavy atom. The smallest absolute Gasteiger partial charge is 0.253 e. The van der Waals surface area contributed by atoms with E-state index < -0.39 is 11.1 Å². The van der Waals surface area contributed by atoms with E-state index in [0.29, 0.717) is 31.5 Å². The zero-order valence-corrected chi connectivity index (χ0v) is 13.6. The summed E-state index contributed by atoms with van der Waals surface area (Å²) in [5.41, 5.74) is 3.14. The quantitative estimate of drug-likeness (QED) is 0.860. The Kier molecular flexibility index (Phi) is 5.50. The van der Waals surface area contributed by atoms with E-state index in [1.165, 1.54) is 0 Å². The summed E-state index contributed by atoms with van der Waals surface area (Å²) in [6.07, 6.45) is 2.45. The summed E-state index contributed by atoms with van der Waals surface area (Å²) in [7, 11) is 0. The van der Waals surface area contributed by atoms with Crippen molar-refractivity contribution >= 4 is 23.1 Å². The highest BCUT2D eigenvalue weighted by molar-refractivity contribution is 7.82. The zero-order chi connectivity index (χ0) is 16.3. The molecule has 2 rings (SSSR count). The first-order chi connectivity index (χ1) is 10.4. The van der Waals surface area contributed by atoms with Crippen LogP contribution in [0.15, 0.2) is 17.5 Å². The zero-order valence-electron chi connectivity index (χ0n) is 12.7. The molecular weight excluding hydrogens is 302 g/mol. The van der Waals surface area contributed by atoms with Crippen LogP contribution in [0.2, 0.25) is 0 Å². The molecule has 0 radical (unpaired) electrons. The molecule has 6 heteroatoms. The van der Waals surface area contributed by atoms with E-state index in [1.807, 2.05) is 13.8 Å². The van der Waals surface area contributed by atoms with Crippen LogP contribution in [0.1, 0.15) is 39.9 Å². The van der Waals surface area contributed by atoms with Gasteiger partial charge in [-0.2, -0.15) is 0 Å². The van der Waals surface area contributed by atoms with Gasteiger partial charge < -0.3 is 14.6 Å². The number of nitrogens with zero attached hydrogens (tertiary/aromatic N) is 1. The van der Waals surface area contributed by atoms with Crippen LogP contribution >= 0.6 is 0 Å². The highest BCUT2D eigenvalue weighted by Crippen LogP contribution is 2.21. The molecule has 1 aliphatic heterocycles. The van der Waals surface area contributed by atoms with E-state index in [0.717, 1.165) is 22.1 Å². The lowest BCUT2D eigenvalue weighted by Gasteiger charge is -2.30. The fraction of sp³-hybridized carbons (Fsp3) is 0.438. The second-order valence-electron chi connectivity index (χ2n) is 5.61. The average Bonchev–Trinajstić information content (AvgIpc) is 2.46. The Morgan fingerprint density at radius 1 is 1.32 bits per heavy atom. The van der Waals surface area contributed by atoms with Crippen molar-refractivity contribution in [3.63, 3.8) is 0 Å². The molecule has 0 saturated carbocycles. The maximum absolute atomic E-state index is 12.5. The Labute approximate surface area is 132 Å². The SMILES string of the molecule is Cc1cc(C(=O)N2CCC(O)CC2)cc(C)c1/C=C/S(=O)[O-]. The van der Waals surface area contributed by atoms with Gasteiger partial charge in [0.2, 0.25) is 0 Å². The normalized spacial score (nSPS) is 17.9. The molecule has 0 spiro atoms. The highest BCUT2D eigenvalue weighted by atomic mass is 32.2. The van der Waals surface area contributed by atoms with Gasteiger partial charge in [-0.1, -0.05) is 0 Å². The molecule has 1 atom stereocenters. The van der Waals surface area contributed by atoms with E-state index in [9.17, 15) is 18.7 Å². The molecule has 0 aromatic heterocycles. The van der Waals surface area contributed by atoms with Crippen LogP contribution in [0.3, 0.4) is 0 Å². The van der Waals surface area contributed by atoms with Crippen molar-refractivity contribution in [3.05, 3.63) is 39.8 Å². The topological polar surface area (TPSA) is 80.7 Å². The van der Waals surface area contributed by atoms with Crippen LogP contribution in [-0.4, -0.2) is 43.9 Å². The van der Waals surface area contributed by atoms with Gasteiger partial charge in [0.15, 0.2) is 0 Å². The predicted molar refractivity (Wildman–Crippen MR) is 85.0 cm³/mol. The molecule has 120 valence electrons. The van der Waals surface area contributed by atoms with Crippen molar-refractivity contribution in [2.75, 3.05) is 13.1 Å².